The molecule has 8 unspecified atom stereocenters. The molecule has 0 radical (unpaired) electrons. The zero-order valence-electron chi connectivity index (χ0n) is 18.7. The lowest BCUT2D eigenvalue weighted by Gasteiger charge is -2.61. The molecule has 0 spiro atoms. The number of hydrogen-bond donors (Lipinski definition) is 1. The summed E-state index contributed by atoms with van der Waals surface area (Å²) in [5.74, 6) is 3.13. The molecule has 0 aliphatic heterocycles. The number of rotatable bonds is 5. The quantitative estimate of drug-likeness (QED) is 0.368. The molecule has 4 saturated carbocycles. The molecule has 4 aliphatic rings. The van der Waals surface area contributed by atoms with Crippen LogP contribution in [-0.2, 0) is 4.79 Å². The van der Waals surface area contributed by atoms with E-state index >= 15 is 0 Å². The van der Waals surface area contributed by atoms with Crippen LogP contribution < -0.4 is 5.73 Å². The molecular weight excluding hydrogens is 360 g/mol. The van der Waals surface area contributed by atoms with Gasteiger partial charge in [-0.15, -0.1) is 0 Å². The SMILES string of the molecule is CC(=CCCCN)C1CCC2(C)C(C1)C(N=O)CC1C3CCC(=O)C3(C)CCC12. The van der Waals surface area contributed by atoms with E-state index in [1.54, 1.807) is 0 Å². The molecule has 4 fully saturated rings. The zero-order valence-corrected chi connectivity index (χ0v) is 18.7. The number of nitroso groups, excluding NO2 is 1. The summed E-state index contributed by atoms with van der Waals surface area (Å²) in [7, 11) is 0. The Morgan fingerprint density at radius 2 is 1.93 bits per heavy atom. The topological polar surface area (TPSA) is 72.5 Å². The first-order valence-corrected chi connectivity index (χ1v) is 12.1. The van der Waals surface area contributed by atoms with Crippen LogP contribution in [0, 0.1) is 45.3 Å². The summed E-state index contributed by atoms with van der Waals surface area (Å²) < 4.78 is 0. The van der Waals surface area contributed by atoms with E-state index in [-0.39, 0.29) is 16.9 Å². The van der Waals surface area contributed by atoms with Crippen molar-refractivity contribution in [1.29, 1.82) is 0 Å². The molecule has 0 heterocycles. The van der Waals surface area contributed by atoms with E-state index in [2.05, 4.69) is 32.0 Å². The van der Waals surface area contributed by atoms with Crippen LogP contribution in [0.3, 0.4) is 0 Å². The van der Waals surface area contributed by atoms with Crippen LogP contribution in [0.5, 0.6) is 0 Å². The van der Waals surface area contributed by atoms with E-state index in [1.807, 2.05) is 0 Å². The highest BCUT2D eigenvalue weighted by Crippen LogP contribution is 2.66. The number of nitrogens with zero attached hydrogens (tertiary/aromatic N) is 1. The second-order valence-electron chi connectivity index (χ2n) is 11.2. The van der Waals surface area contributed by atoms with Gasteiger partial charge in [-0.05, 0) is 106 Å². The third kappa shape index (κ3) is 3.34. The molecule has 0 aromatic heterocycles. The van der Waals surface area contributed by atoms with Crippen LogP contribution in [0.1, 0.15) is 85.0 Å². The van der Waals surface area contributed by atoms with E-state index in [9.17, 15) is 9.70 Å². The van der Waals surface area contributed by atoms with Crippen LogP contribution in [0.25, 0.3) is 0 Å². The first-order chi connectivity index (χ1) is 13.8. The lowest BCUT2D eigenvalue weighted by molar-refractivity contribution is -0.141. The summed E-state index contributed by atoms with van der Waals surface area (Å²) >= 11 is 0. The Hall–Kier alpha value is -1.03. The van der Waals surface area contributed by atoms with Gasteiger partial charge in [0, 0.05) is 11.8 Å². The summed E-state index contributed by atoms with van der Waals surface area (Å²) in [6.07, 6.45) is 13.0. The predicted molar refractivity (Wildman–Crippen MR) is 117 cm³/mol. The lowest BCUT2D eigenvalue weighted by atomic mass is 9.43. The average molecular weight is 401 g/mol. The Kier molecular flexibility index (Phi) is 5.78. The number of carbonyl (C=O) groups is 1. The summed E-state index contributed by atoms with van der Waals surface area (Å²) in [4.78, 5) is 24.7. The van der Waals surface area contributed by atoms with Crippen LogP contribution in [0.4, 0.5) is 0 Å². The van der Waals surface area contributed by atoms with Crippen molar-refractivity contribution in [2.24, 2.45) is 51.3 Å². The van der Waals surface area contributed by atoms with Gasteiger partial charge in [-0.2, -0.15) is 4.91 Å². The largest absolute Gasteiger partial charge is 0.330 e. The zero-order chi connectivity index (χ0) is 20.8. The fourth-order valence-corrected chi connectivity index (χ4v) is 8.21. The fraction of sp³-hybridized carbons (Fsp3) is 0.880. The summed E-state index contributed by atoms with van der Waals surface area (Å²) in [6.45, 7) is 7.70. The number of hydrogen-bond acceptors (Lipinski definition) is 4. The second kappa shape index (κ2) is 7.90. The van der Waals surface area contributed by atoms with Gasteiger partial charge in [0.2, 0.25) is 0 Å². The molecule has 4 aliphatic carbocycles. The van der Waals surface area contributed by atoms with Crippen LogP contribution >= 0.6 is 0 Å². The van der Waals surface area contributed by atoms with Crippen molar-refractivity contribution in [3.05, 3.63) is 16.6 Å². The number of allylic oxidation sites excluding steroid dienone is 2. The lowest BCUT2D eigenvalue weighted by Crippen LogP contribution is -2.57. The van der Waals surface area contributed by atoms with Gasteiger partial charge < -0.3 is 5.73 Å². The maximum absolute atomic E-state index is 12.6. The number of Topliss-reactive ketones (excluding diaryl/α,β-unsaturated/α-hetero) is 1. The summed E-state index contributed by atoms with van der Waals surface area (Å²) in [5.41, 5.74) is 7.23. The molecule has 0 saturated heterocycles. The monoisotopic (exact) mass is 400 g/mol. The number of fused-ring (bicyclic) bond motifs is 5. The molecule has 0 amide bonds. The van der Waals surface area contributed by atoms with Gasteiger partial charge in [0.15, 0.2) is 0 Å². The molecule has 0 bridgehead atoms. The van der Waals surface area contributed by atoms with Crippen LogP contribution in [0.2, 0.25) is 0 Å². The minimum atomic E-state index is -0.128. The molecule has 4 nitrogen and oxygen atoms in total. The highest BCUT2D eigenvalue weighted by atomic mass is 16.3. The van der Waals surface area contributed by atoms with Crippen LogP contribution in [0.15, 0.2) is 16.8 Å². The fourth-order valence-electron chi connectivity index (χ4n) is 8.21. The number of nitrogens with two attached hydrogens (primary N) is 1. The van der Waals surface area contributed by atoms with Gasteiger partial charge in [0.25, 0.3) is 0 Å². The Morgan fingerprint density at radius 1 is 1.14 bits per heavy atom. The normalized spacial score (nSPS) is 47.3. The van der Waals surface area contributed by atoms with E-state index < -0.39 is 0 Å². The number of carbonyl (C=O) groups excluding carboxylic acids is 1. The van der Waals surface area contributed by atoms with E-state index in [0.717, 1.165) is 57.9 Å². The van der Waals surface area contributed by atoms with E-state index in [1.165, 1.54) is 18.4 Å². The van der Waals surface area contributed by atoms with Gasteiger partial charge in [-0.1, -0.05) is 30.7 Å². The van der Waals surface area contributed by atoms with Gasteiger partial charge in [-0.3, -0.25) is 4.79 Å². The average Bonchev–Trinajstić information content (AvgIpc) is 3.01. The smallest absolute Gasteiger partial charge is 0.139 e. The number of ketones is 1. The standard InChI is InChI=1S/C25H40N2O2/c1-16(6-4-5-13-26)17-9-11-24(2)20-10-12-25(3)19(7-8-23(25)28)18(20)15-22(27-29)21(24)14-17/h6,17-22H,4-5,7-15,26H2,1-3H3. The molecule has 0 aromatic carbocycles. The first kappa shape index (κ1) is 21.2. The van der Waals surface area contributed by atoms with Crippen LogP contribution in [-0.4, -0.2) is 18.4 Å². The van der Waals surface area contributed by atoms with Crippen molar-refractivity contribution < 1.29 is 4.79 Å². The molecule has 4 heteroatoms. The van der Waals surface area contributed by atoms with Crippen molar-refractivity contribution >= 4 is 5.78 Å². The minimum absolute atomic E-state index is 0.0704. The van der Waals surface area contributed by atoms with Gasteiger partial charge >= 0.3 is 0 Å². The van der Waals surface area contributed by atoms with Crippen molar-refractivity contribution in [2.45, 2.75) is 91.0 Å². The highest BCUT2D eigenvalue weighted by Gasteiger charge is 2.62. The molecule has 2 N–H and O–H groups in total. The maximum Gasteiger partial charge on any atom is 0.139 e. The molecule has 29 heavy (non-hydrogen) atoms. The van der Waals surface area contributed by atoms with Gasteiger partial charge in [-0.25, -0.2) is 0 Å². The number of unbranched alkanes of at least 4 members (excludes halogenated alkanes) is 1. The Labute approximate surface area is 176 Å². The van der Waals surface area contributed by atoms with Crippen molar-refractivity contribution in [3.8, 4) is 0 Å². The summed E-state index contributed by atoms with van der Waals surface area (Å²) in [6, 6.07) is -0.0704. The van der Waals surface area contributed by atoms with E-state index in [0.29, 0.717) is 35.4 Å². The highest BCUT2D eigenvalue weighted by molar-refractivity contribution is 5.87. The maximum atomic E-state index is 12.6. The molecule has 4 rings (SSSR count). The molecular formula is C25H40N2O2. The van der Waals surface area contributed by atoms with Crippen molar-refractivity contribution in [3.63, 3.8) is 0 Å². The molecule has 8 atom stereocenters. The third-order valence-electron chi connectivity index (χ3n) is 10.0. The van der Waals surface area contributed by atoms with Gasteiger partial charge in [0.05, 0.1) is 6.04 Å². The minimum Gasteiger partial charge on any atom is -0.330 e. The predicted octanol–water partition coefficient (Wildman–Crippen LogP) is 5.64. The molecule has 162 valence electrons. The van der Waals surface area contributed by atoms with Crippen molar-refractivity contribution in [2.75, 3.05) is 6.54 Å². The summed E-state index contributed by atoms with van der Waals surface area (Å²) in [5, 5.41) is 3.72. The Bertz CT molecular complexity index is 688. The Morgan fingerprint density at radius 3 is 2.66 bits per heavy atom. The second-order valence-corrected chi connectivity index (χ2v) is 11.2. The third-order valence-corrected chi connectivity index (χ3v) is 10.0. The van der Waals surface area contributed by atoms with E-state index in [4.69, 9.17) is 5.73 Å². The van der Waals surface area contributed by atoms with Gasteiger partial charge in [0.1, 0.15) is 5.78 Å². The molecule has 0 aromatic rings. The Balaban J connectivity index is 1.57. The van der Waals surface area contributed by atoms with Crippen molar-refractivity contribution in [1.82, 2.24) is 0 Å². The first-order valence-electron chi connectivity index (χ1n) is 12.1.